The maximum atomic E-state index is 12.4. The van der Waals surface area contributed by atoms with Crippen LogP contribution in [0.15, 0.2) is 35.1 Å². The van der Waals surface area contributed by atoms with Gasteiger partial charge in [0.15, 0.2) is 0 Å². The monoisotopic (exact) mass is 313 g/mol. The quantitative estimate of drug-likeness (QED) is 0.831. The van der Waals surface area contributed by atoms with Gasteiger partial charge >= 0.3 is 0 Å². The van der Waals surface area contributed by atoms with Gasteiger partial charge in [-0.2, -0.15) is 0 Å². The van der Waals surface area contributed by atoms with E-state index in [2.05, 4.69) is 15.2 Å². The minimum atomic E-state index is -0.248. The molecule has 1 amide bonds. The third-order valence-electron chi connectivity index (χ3n) is 4.38. The molecule has 0 unspecified atom stereocenters. The number of benzene rings is 1. The van der Waals surface area contributed by atoms with Gasteiger partial charge in [0, 0.05) is 23.5 Å². The van der Waals surface area contributed by atoms with Crippen molar-refractivity contribution in [1.82, 2.24) is 15.2 Å². The molecule has 5 heteroatoms. The molecule has 0 bridgehead atoms. The Morgan fingerprint density at radius 3 is 2.78 bits per heavy atom. The summed E-state index contributed by atoms with van der Waals surface area (Å²) in [6.45, 7) is 4.01. The molecule has 1 aromatic carbocycles. The van der Waals surface area contributed by atoms with E-state index in [0.717, 1.165) is 18.4 Å². The number of hydrogen-bond donors (Lipinski definition) is 2. The summed E-state index contributed by atoms with van der Waals surface area (Å²) in [7, 11) is 0. The molecule has 1 aliphatic heterocycles. The molecule has 3 rings (SSSR count). The van der Waals surface area contributed by atoms with Crippen LogP contribution in [0.1, 0.15) is 36.0 Å². The Hall–Kier alpha value is -2.14. The summed E-state index contributed by atoms with van der Waals surface area (Å²) in [5.74, 6) is -0.175. The Bertz CT molecular complexity index is 732. The fourth-order valence-electron chi connectivity index (χ4n) is 3.18. The second kappa shape index (κ2) is 7.42. The number of aromatic nitrogens is 1. The van der Waals surface area contributed by atoms with Gasteiger partial charge in [0.05, 0.1) is 5.56 Å². The first-order valence-electron chi connectivity index (χ1n) is 8.37. The van der Waals surface area contributed by atoms with Gasteiger partial charge in [-0.1, -0.05) is 24.6 Å². The molecule has 2 N–H and O–H groups in total. The van der Waals surface area contributed by atoms with Gasteiger partial charge in [0.25, 0.3) is 5.91 Å². The van der Waals surface area contributed by atoms with Gasteiger partial charge in [-0.15, -0.1) is 0 Å². The van der Waals surface area contributed by atoms with Crippen molar-refractivity contribution in [3.8, 4) is 0 Å². The molecule has 0 spiro atoms. The van der Waals surface area contributed by atoms with Crippen molar-refractivity contribution in [3.63, 3.8) is 0 Å². The number of nitrogens with zero attached hydrogens (tertiary/aromatic N) is 1. The molecule has 0 aliphatic carbocycles. The van der Waals surface area contributed by atoms with E-state index in [0.29, 0.717) is 17.6 Å². The molecule has 23 heavy (non-hydrogen) atoms. The van der Waals surface area contributed by atoms with Crippen molar-refractivity contribution < 1.29 is 4.79 Å². The highest BCUT2D eigenvalue weighted by Crippen LogP contribution is 2.14. The van der Waals surface area contributed by atoms with E-state index in [1.54, 1.807) is 0 Å². The number of rotatable bonds is 5. The fraction of sp³-hybridized carbons (Fsp3) is 0.444. The number of nitrogens with one attached hydrogen (secondary N) is 2. The summed E-state index contributed by atoms with van der Waals surface area (Å²) in [4.78, 5) is 29.3. The average molecular weight is 313 g/mol. The van der Waals surface area contributed by atoms with Crippen LogP contribution in [0.5, 0.6) is 0 Å². The highest BCUT2D eigenvalue weighted by atomic mass is 16.2. The lowest BCUT2D eigenvalue weighted by molar-refractivity contribution is 0.0952. The standard InChI is InChI=1S/C18H23N3O2/c22-17-13-15(14-7-2-3-8-16(14)20-17)18(23)19-9-6-12-21-10-4-1-5-11-21/h2-3,7-8,13H,1,4-6,9-12H2,(H,19,23)(H,20,22). The molecular formula is C18H23N3O2. The molecule has 2 aromatic rings. The first-order valence-corrected chi connectivity index (χ1v) is 8.37. The molecule has 0 saturated carbocycles. The van der Waals surface area contributed by atoms with Crippen LogP contribution in [-0.4, -0.2) is 42.0 Å². The molecule has 5 nitrogen and oxygen atoms in total. The van der Waals surface area contributed by atoms with E-state index in [4.69, 9.17) is 0 Å². The number of fused-ring (bicyclic) bond motifs is 1. The van der Waals surface area contributed by atoms with Crippen molar-refractivity contribution in [3.05, 3.63) is 46.2 Å². The second-order valence-electron chi connectivity index (χ2n) is 6.10. The van der Waals surface area contributed by atoms with E-state index < -0.39 is 0 Å². The Balaban J connectivity index is 1.59. The van der Waals surface area contributed by atoms with Crippen molar-refractivity contribution in [1.29, 1.82) is 0 Å². The number of para-hydroxylation sites is 1. The van der Waals surface area contributed by atoms with Crippen LogP contribution in [0.3, 0.4) is 0 Å². The number of pyridine rings is 1. The van der Waals surface area contributed by atoms with Crippen LogP contribution in [0.2, 0.25) is 0 Å². The Morgan fingerprint density at radius 2 is 1.96 bits per heavy atom. The molecule has 1 aliphatic rings. The Morgan fingerprint density at radius 1 is 1.17 bits per heavy atom. The van der Waals surface area contributed by atoms with E-state index in [1.807, 2.05) is 24.3 Å². The summed E-state index contributed by atoms with van der Waals surface area (Å²) < 4.78 is 0. The van der Waals surface area contributed by atoms with Crippen LogP contribution in [0.25, 0.3) is 10.9 Å². The van der Waals surface area contributed by atoms with E-state index in [1.165, 1.54) is 38.4 Å². The zero-order chi connectivity index (χ0) is 16.1. The van der Waals surface area contributed by atoms with Gasteiger partial charge in [0.2, 0.25) is 5.56 Å². The summed E-state index contributed by atoms with van der Waals surface area (Å²) >= 11 is 0. The summed E-state index contributed by atoms with van der Waals surface area (Å²) in [5, 5.41) is 3.72. The maximum absolute atomic E-state index is 12.4. The maximum Gasteiger partial charge on any atom is 0.252 e. The first kappa shape index (κ1) is 15.7. The number of hydrogen-bond acceptors (Lipinski definition) is 3. The zero-order valence-electron chi connectivity index (χ0n) is 13.3. The molecule has 0 radical (unpaired) electrons. The number of carbonyl (C=O) groups is 1. The molecule has 2 heterocycles. The van der Waals surface area contributed by atoms with E-state index in [9.17, 15) is 9.59 Å². The molecule has 1 saturated heterocycles. The number of piperidine rings is 1. The molecule has 1 aromatic heterocycles. The van der Waals surface area contributed by atoms with Crippen molar-refractivity contribution in [2.75, 3.05) is 26.2 Å². The second-order valence-corrected chi connectivity index (χ2v) is 6.10. The molecule has 122 valence electrons. The number of carbonyl (C=O) groups excluding carboxylic acids is 1. The van der Waals surface area contributed by atoms with Gasteiger partial charge < -0.3 is 15.2 Å². The highest BCUT2D eigenvalue weighted by molar-refractivity contribution is 6.05. The zero-order valence-corrected chi connectivity index (χ0v) is 13.3. The lowest BCUT2D eigenvalue weighted by Crippen LogP contribution is -2.33. The van der Waals surface area contributed by atoms with Gasteiger partial charge in [0.1, 0.15) is 0 Å². The van der Waals surface area contributed by atoms with Crippen LogP contribution < -0.4 is 10.9 Å². The normalized spacial score (nSPS) is 15.7. The summed E-state index contributed by atoms with van der Waals surface area (Å²) in [6, 6.07) is 8.76. The lowest BCUT2D eigenvalue weighted by Gasteiger charge is -2.26. The average Bonchev–Trinajstić information content (AvgIpc) is 2.58. The largest absolute Gasteiger partial charge is 0.352 e. The van der Waals surface area contributed by atoms with Crippen LogP contribution in [0, 0.1) is 0 Å². The fourth-order valence-corrected chi connectivity index (χ4v) is 3.18. The molecular weight excluding hydrogens is 290 g/mol. The number of aromatic amines is 1. The Kier molecular flexibility index (Phi) is 5.08. The third-order valence-corrected chi connectivity index (χ3v) is 4.38. The van der Waals surface area contributed by atoms with Crippen LogP contribution in [0.4, 0.5) is 0 Å². The highest BCUT2D eigenvalue weighted by Gasteiger charge is 2.12. The Labute approximate surface area is 135 Å². The number of amides is 1. The van der Waals surface area contributed by atoms with Crippen molar-refractivity contribution >= 4 is 16.8 Å². The van der Waals surface area contributed by atoms with Gasteiger partial charge in [-0.3, -0.25) is 9.59 Å². The first-order chi connectivity index (χ1) is 11.2. The predicted octanol–water partition coefficient (Wildman–Crippen LogP) is 2.13. The molecule has 1 fully saturated rings. The van der Waals surface area contributed by atoms with Crippen LogP contribution >= 0.6 is 0 Å². The van der Waals surface area contributed by atoms with Gasteiger partial charge in [-0.25, -0.2) is 0 Å². The van der Waals surface area contributed by atoms with Gasteiger partial charge in [-0.05, 0) is 45.0 Å². The summed E-state index contributed by atoms with van der Waals surface area (Å²) in [5.41, 5.74) is 0.892. The van der Waals surface area contributed by atoms with Crippen molar-refractivity contribution in [2.45, 2.75) is 25.7 Å². The number of H-pyrrole nitrogens is 1. The summed E-state index contributed by atoms with van der Waals surface area (Å²) in [6.07, 6.45) is 4.84. The minimum Gasteiger partial charge on any atom is -0.352 e. The number of likely N-dealkylation sites (tertiary alicyclic amines) is 1. The smallest absolute Gasteiger partial charge is 0.252 e. The topological polar surface area (TPSA) is 65.2 Å². The SMILES string of the molecule is O=C(NCCCN1CCCCC1)c1cc(=O)[nH]c2ccccc12. The molecule has 0 atom stereocenters. The van der Waals surface area contributed by atoms with E-state index >= 15 is 0 Å². The van der Waals surface area contributed by atoms with Crippen LogP contribution in [-0.2, 0) is 0 Å². The third kappa shape index (κ3) is 3.99. The minimum absolute atomic E-state index is 0.175. The predicted molar refractivity (Wildman–Crippen MR) is 91.8 cm³/mol. The lowest BCUT2D eigenvalue weighted by atomic mass is 10.1. The van der Waals surface area contributed by atoms with E-state index in [-0.39, 0.29) is 11.5 Å². The van der Waals surface area contributed by atoms with Crippen molar-refractivity contribution in [2.24, 2.45) is 0 Å².